The summed E-state index contributed by atoms with van der Waals surface area (Å²) in [6, 6.07) is 2.17. The monoisotopic (exact) mass is 457 g/mol. The minimum absolute atomic E-state index is 0.0215. The predicted octanol–water partition coefficient (Wildman–Crippen LogP) is 4.90. The molecule has 1 atom stereocenters. The second-order valence-corrected chi connectivity index (χ2v) is 8.64. The Morgan fingerprint density at radius 2 is 2.14 bits per heavy atom. The van der Waals surface area contributed by atoms with E-state index in [4.69, 9.17) is 39.5 Å². The summed E-state index contributed by atoms with van der Waals surface area (Å²) in [7, 11) is 0. The highest BCUT2D eigenvalue weighted by Gasteiger charge is 2.25. The highest BCUT2D eigenvalue weighted by Crippen LogP contribution is 2.39. The van der Waals surface area contributed by atoms with Gasteiger partial charge in [0.25, 0.3) is 5.91 Å². The maximum atomic E-state index is 12.2. The maximum Gasteiger partial charge on any atom is 0.359 e. The van der Waals surface area contributed by atoms with Gasteiger partial charge in [0.2, 0.25) is 0 Å². The standard InChI is InChI=1S/C18H14Cl3N3O3S/c1-8-2-3-9-10(5-22)17(28-12(9)4-8)24-13(25)7-27-18(26)16-15(21)14(20)11(19)6-23-16/h6,8H,2-4,7H2,1H3,(H,24,25)/t8-/m1/s1. The van der Waals surface area contributed by atoms with E-state index in [9.17, 15) is 14.9 Å². The Hall–Kier alpha value is -1.85. The van der Waals surface area contributed by atoms with Gasteiger partial charge < -0.3 is 10.1 Å². The SMILES string of the molecule is C[C@@H]1CCc2c(sc(NC(=O)COC(=O)c3ncc(Cl)c(Cl)c3Cl)c2C#N)C1. The quantitative estimate of drug-likeness (QED) is 0.658. The summed E-state index contributed by atoms with van der Waals surface area (Å²) in [5.74, 6) is -0.920. The predicted molar refractivity (Wildman–Crippen MR) is 108 cm³/mol. The van der Waals surface area contributed by atoms with Crippen LogP contribution in [-0.2, 0) is 22.4 Å². The van der Waals surface area contributed by atoms with Crippen LogP contribution >= 0.6 is 46.1 Å². The lowest BCUT2D eigenvalue weighted by Crippen LogP contribution is -2.21. The molecular weight excluding hydrogens is 445 g/mol. The van der Waals surface area contributed by atoms with Gasteiger partial charge in [-0.2, -0.15) is 5.26 Å². The first-order chi connectivity index (χ1) is 13.3. The molecule has 1 amide bonds. The lowest BCUT2D eigenvalue weighted by atomic mass is 9.89. The first-order valence-corrected chi connectivity index (χ1v) is 10.3. The van der Waals surface area contributed by atoms with Crippen molar-refractivity contribution < 1.29 is 14.3 Å². The molecule has 10 heteroatoms. The highest BCUT2D eigenvalue weighted by atomic mass is 35.5. The number of nitrogens with zero attached hydrogens (tertiary/aromatic N) is 2. The number of pyridine rings is 1. The Morgan fingerprint density at radius 1 is 1.39 bits per heavy atom. The summed E-state index contributed by atoms with van der Waals surface area (Å²) in [4.78, 5) is 29.2. The molecule has 0 aliphatic heterocycles. The van der Waals surface area contributed by atoms with Gasteiger partial charge in [0.15, 0.2) is 12.3 Å². The number of ether oxygens (including phenoxy) is 1. The fourth-order valence-corrected chi connectivity index (χ4v) is 4.84. The van der Waals surface area contributed by atoms with Crippen LogP contribution in [0.2, 0.25) is 15.1 Å². The van der Waals surface area contributed by atoms with Gasteiger partial charge >= 0.3 is 5.97 Å². The van der Waals surface area contributed by atoms with Gasteiger partial charge in [0, 0.05) is 11.1 Å². The number of esters is 1. The number of fused-ring (bicyclic) bond motifs is 1. The second-order valence-electron chi connectivity index (χ2n) is 6.37. The number of amides is 1. The van der Waals surface area contributed by atoms with Crippen LogP contribution in [0.4, 0.5) is 5.00 Å². The van der Waals surface area contributed by atoms with Crippen molar-refractivity contribution >= 4 is 63.0 Å². The van der Waals surface area contributed by atoms with Crippen molar-refractivity contribution in [3.8, 4) is 6.07 Å². The normalized spacial score (nSPS) is 15.5. The highest BCUT2D eigenvalue weighted by molar-refractivity contribution is 7.16. The molecule has 3 rings (SSSR count). The van der Waals surface area contributed by atoms with Crippen molar-refractivity contribution in [3.63, 3.8) is 0 Å². The summed E-state index contributed by atoms with van der Waals surface area (Å²) in [6.07, 6.45) is 3.90. The molecule has 0 radical (unpaired) electrons. The van der Waals surface area contributed by atoms with E-state index in [1.807, 2.05) is 0 Å². The number of rotatable bonds is 4. The van der Waals surface area contributed by atoms with E-state index in [-0.39, 0.29) is 20.8 Å². The number of aromatic nitrogens is 1. The molecule has 6 nitrogen and oxygen atoms in total. The van der Waals surface area contributed by atoms with Crippen molar-refractivity contribution in [2.24, 2.45) is 5.92 Å². The van der Waals surface area contributed by atoms with E-state index >= 15 is 0 Å². The summed E-state index contributed by atoms with van der Waals surface area (Å²) in [5.41, 5.74) is 1.26. The van der Waals surface area contributed by atoms with Crippen molar-refractivity contribution in [1.29, 1.82) is 5.26 Å². The number of nitriles is 1. The largest absolute Gasteiger partial charge is 0.451 e. The fraction of sp³-hybridized carbons (Fsp3) is 0.333. The van der Waals surface area contributed by atoms with Crippen LogP contribution < -0.4 is 5.32 Å². The number of nitrogens with one attached hydrogen (secondary N) is 1. The number of carbonyl (C=O) groups excluding carboxylic acids is 2. The van der Waals surface area contributed by atoms with Gasteiger partial charge in [-0.05, 0) is 30.7 Å². The van der Waals surface area contributed by atoms with Crippen LogP contribution in [-0.4, -0.2) is 23.5 Å². The molecule has 1 aliphatic rings. The number of anilines is 1. The Morgan fingerprint density at radius 3 is 2.86 bits per heavy atom. The number of hydrogen-bond donors (Lipinski definition) is 1. The maximum absolute atomic E-state index is 12.2. The molecular formula is C18H14Cl3N3O3S. The minimum atomic E-state index is -0.904. The van der Waals surface area contributed by atoms with Crippen molar-refractivity contribution in [3.05, 3.63) is 43.0 Å². The lowest BCUT2D eigenvalue weighted by molar-refractivity contribution is -0.119. The molecule has 2 aromatic heterocycles. The van der Waals surface area contributed by atoms with Crippen LogP contribution in [0.15, 0.2) is 6.20 Å². The van der Waals surface area contributed by atoms with Gasteiger partial charge in [0.1, 0.15) is 11.1 Å². The van der Waals surface area contributed by atoms with Gasteiger partial charge in [-0.3, -0.25) is 4.79 Å². The molecule has 2 aromatic rings. The zero-order valence-corrected chi connectivity index (χ0v) is 17.7. The molecule has 0 unspecified atom stereocenters. The van der Waals surface area contributed by atoms with Crippen molar-refractivity contribution in [1.82, 2.24) is 4.98 Å². The Bertz CT molecular complexity index is 1000. The van der Waals surface area contributed by atoms with E-state index in [0.29, 0.717) is 16.5 Å². The molecule has 1 N–H and O–H groups in total. The van der Waals surface area contributed by atoms with Gasteiger partial charge in [-0.25, -0.2) is 9.78 Å². The van der Waals surface area contributed by atoms with Crippen molar-refractivity contribution in [2.45, 2.75) is 26.2 Å². The zero-order valence-electron chi connectivity index (χ0n) is 14.6. The molecule has 1 aliphatic carbocycles. The van der Waals surface area contributed by atoms with Crippen LogP contribution in [0.25, 0.3) is 0 Å². The number of thiophene rings is 1. The Labute approximate surface area is 180 Å². The van der Waals surface area contributed by atoms with Crippen LogP contribution in [0, 0.1) is 17.2 Å². The topological polar surface area (TPSA) is 92.1 Å². The molecule has 0 saturated heterocycles. The zero-order chi connectivity index (χ0) is 20.4. The Balaban J connectivity index is 1.66. The van der Waals surface area contributed by atoms with Crippen LogP contribution in [0.1, 0.15) is 39.8 Å². The third-order valence-electron chi connectivity index (χ3n) is 4.32. The summed E-state index contributed by atoms with van der Waals surface area (Å²) in [6.45, 7) is 1.61. The van der Waals surface area contributed by atoms with E-state index in [2.05, 4.69) is 23.3 Å². The van der Waals surface area contributed by atoms with E-state index < -0.39 is 18.5 Å². The van der Waals surface area contributed by atoms with Crippen molar-refractivity contribution in [2.75, 3.05) is 11.9 Å². The molecule has 0 saturated carbocycles. The molecule has 146 valence electrons. The lowest BCUT2D eigenvalue weighted by Gasteiger charge is -2.17. The molecule has 0 aromatic carbocycles. The smallest absolute Gasteiger partial charge is 0.359 e. The average molecular weight is 459 g/mol. The van der Waals surface area contributed by atoms with Gasteiger partial charge in [-0.1, -0.05) is 41.7 Å². The summed E-state index contributed by atoms with van der Waals surface area (Å²) in [5, 5.41) is 12.5. The second kappa shape index (κ2) is 8.66. The number of halogens is 3. The molecule has 28 heavy (non-hydrogen) atoms. The minimum Gasteiger partial charge on any atom is -0.451 e. The first kappa shape index (κ1) is 20.9. The molecule has 0 fully saturated rings. The summed E-state index contributed by atoms with van der Waals surface area (Å²) >= 11 is 19.0. The van der Waals surface area contributed by atoms with Crippen LogP contribution in [0.3, 0.4) is 0 Å². The van der Waals surface area contributed by atoms with Crippen LogP contribution in [0.5, 0.6) is 0 Å². The number of carbonyl (C=O) groups is 2. The fourth-order valence-electron chi connectivity index (χ4n) is 2.90. The molecule has 0 bridgehead atoms. The van der Waals surface area contributed by atoms with Gasteiger partial charge in [0.05, 0.1) is 20.6 Å². The van der Waals surface area contributed by atoms with E-state index in [1.54, 1.807) is 0 Å². The third-order valence-corrected chi connectivity index (χ3v) is 6.73. The number of hydrogen-bond acceptors (Lipinski definition) is 6. The molecule has 2 heterocycles. The van der Waals surface area contributed by atoms with E-state index in [1.165, 1.54) is 17.5 Å². The van der Waals surface area contributed by atoms with E-state index in [0.717, 1.165) is 29.7 Å². The van der Waals surface area contributed by atoms with Gasteiger partial charge in [-0.15, -0.1) is 11.3 Å². The summed E-state index contributed by atoms with van der Waals surface area (Å²) < 4.78 is 4.95. The first-order valence-electron chi connectivity index (χ1n) is 8.32. The average Bonchev–Trinajstić information content (AvgIpc) is 3.00. The Kier molecular flexibility index (Phi) is 6.46. The third kappa shape index (κ3) is 4.26. The molecule has 0 spiro atoms.